The molecule has 0 atom stereocenters. The quantitative estimate of drug-likeness (QED) is 0.578. The minimum Gasteiger partial charge on any atom is -0.494 e. The van der Waals surface area contributed by atoms with Crippen LogP contribution < -0.4 is 15.4 Å². The van der Waals surface area contributed by atoms with Crippen molar-refractivity contribution in [2.45, 2.75) is 6.92 Å². The van der Waals surface area contributed by atoms with E-state index in [2.05, 4.69) is 10.6 Å². The first-order valence-electron chi connectivity index (χ1n) is 7.96. The predicted octanol–water partition coefficient (Wildman–Crippen LogP) is 5.30. The predicted molar refractivity (Wildman–Crippen MR) is 109 cm³/mol. The van der Waals surface area contributed by atoms with Crippen molar-refractivity contribution >= 4 is 56.4 Å². The summed E-state index contributed by atoms with van der Waals surface area (Å²) in [4.78, 5) is 24.5. The standard InChI is InChI=1S/C19H17ClN2O4S/c1-10-4-5-12(9-14(10)20)22-19(24)21-11-6-7-15-13(8-11)16(25-2)17(27-15)18(23)26-3/h4-9H,1-3H3,(H2,21,22,24). The second kappa shape index (κ2) is 7.85. The van der Waals surface area contributed by atoms with Crippen LogP contribution in [0.3, 0.4) is 0 Å². The van der Waals surface area contributed by atoms with Gasteiger partial charge in [0.15, 0.2) is 10.6 Å². The van der Waals surface area contributed by atoms with Gasteiger partial charge in [-0.25, -0.2) is 9.59 Å². The number of ether oxygens (including phenoxy) is 2. The van der Waals surface area contributed by atoms with Crippen LogP contribution in [0, 0.1) is 6.92 Å². The first-order chi connectivity index (χ1) is 12.9. The summed E-state index contributed by atoms with van der Waals surface area (Å²) in [5.74, 6) is -0.0345. The molecule has 2 amide bonds. The van der Waals surface area contributed by atoms with Crippen molar-refractivity contribution in [3.63, 3.8) is 0 Å². The highest BCUT2D eigenvalue weighted by molar-refractivity contribution is 7.21. The lowest BCUT2D eigenvalue weighted by atomic mass is 10.2. The van der Waals surface area contributed by atoms with Gasteiger partial charge in [0.1, 0.15) is 0 Å². The number of anilines is 2. The Labute approximate surface area is 165 Å². The molecule has 2 aromatic carbocycles. The zero-order valence-electron chi connectivity index (χ0n) is 14.9. The number of esters is 1. The third-order valence-electron chi connectivity index (χ3n) is 3.90. The normalized spacial score (nSPS) is 10.5. The van der Waals surface area contributed by atoms with Crippen molar-refractivity contribution < 1.29 is 19.1 Å². The molecule has 3 rings (SSSR count). The summed E-state index contributed by atoms with van der Waals surface area (Å²) in [5.41, 5.74) is 2.08. The Kier molecular flexibility index (Phi) is 5.53. The molecule has 0 spiro atoms. The van der Waals surface area contributed by atoms with E-state index < -0.39 is 12.0 Å². The molecular weight excluding hydrogens is 388 g/mol. The van der Waals surface area contributed by atoms with Crippen LogP contribution in [0.2, 0.25) is 5.02 Å². The van der Waals surface area contributed by atoms with Gasteiger partial charge in [-0.1, -0.05) is 17.7 Å². The average Bonchev–Trinajstić information content (AvgIpc) is 3.01. The van der Waals surface area contributed by atoms with E-state index in [0.717, 1.165) is 15.6 Å². The van der Waals surface area contributed by atoms with Gasteiger partial charge in [0, 0.05) is 26.5 Å². The third-order valence-corrected chi connectivity index (χ3v) is 5.44. The van der Waals surface area contributed by atoms with E-state index in [1.807, 2.05) is 19.1 Å². The SMILES string of the molecule is COC(=O)c1sc2ccc(NC(=O)Nc3ccc(C)c(Cl)c3)cc2c1OC. The van der Waals surface area contributed by atoms with Gasteiger partial charge in [0.2, 0.25) is 0 Å². The summed E-state index contributed by atoms with van der Waals surface area (Å²) in [5, 5.41) is 6.79. The Morgan fingerprint density at radius 3 is 2.33 bits per heavy atom. The molecule has 0 bridgehead atoms. The molecule has 0 unspecified atom stereocenters. The number of fused-ring (bicyclic) bond motifs is 1. The number of rotatable bonds is 4. The number of amides is 2. The van der Waals surface area contributed by atoms with E-state index in [9.17, 15) is 9.59 Å². The minimum atomic E-state index is -0.462. The third kappa shape index (κ3) is 3.99. The van der Waals surface area contributed by atoms with Crippen LogP contribution in [-0.4, -0.2) is 26.2 Å². The van der Waals surface area contributed by atoms with E-state index in [0.29, 0.717) is 27.0 Å². The largest absolute Gasteiger partial charge is 0.494 e. The van der Waals surface area contributed by atoms with Crippen molar-refractivity contribution in [3.8, 4) is 5.75 Å². The van der Waals surface area contributed by atoms with Crippen molar-refractivity contribution in [3.05, 3.63) is 51.9 Å². The number of carbonyl (C=O) groups excluding carboxylic acids is 2. The molecule has 0 aliphatic heterocycles. The molecule has 8 heteroatoms. The molecule has 2 N–H and O–H groups in total. The van der Waals surface area contributed by atoms with E-state index in [1.54, 1.807) is 24.3 Å². The maximum Gasteiger partial charge on any atom is 0.351 e. The number of carbonyl (C=O) groups is 2. The molecule has 0 fully saturated rings. The smallest absolute Gasteiger partial charge is 0.351 e. The van der Waals surface area contributed by atoms with Gasteiger partial charge >= 0.3 is 12.0 Å². The number of benzene rings is 2. The van der Waals surface area contributed by atoms with Crippen molar-refractivity contribution in [1.82, 2.24) is 0 Å². The Bertz CT molecular complexity index is 1030. The van der Waals surface area contributed by atoms with Gasteiger partial charge in [0.05, 0.1) is 14.2 Å². The minimum absolute atomic E-state index is 0.380. The van der Waals surface area contributed by atoms with E-state index in [1.165, 1.54) is 25.6 Å². The molecule has 0 aliphatic carbocycles. The molecular formula is C19H17ClN2O4S. The Morgan fingerprint density at radius 1 is 1.04 bits per heavy atom. The monoisotopic (exact) mass is 404 g/mol. The van der Waals surface area contributed by atoms with E-state index >= 15 is 0 Å². The maximum absolute atomic E-state index is 12.3. The Morgan fingerprint density at radius 2 is 1.70 bits per heavy atom. The van der Waals surface area contributed by atoms with Crippen LogP contribution >= 0.6 is 22.9 Å². The Balaban J connectivity index is 1.83. The summed E-state index contributed by atoms with van der Waals surface area (Å²) >= 11 is 7.35. The number of halogens is 1. The molecule has 0 aliphatic rings. The fourth-order valence-corrected chi connectivity index (χ4v) is 3.80. The second-order valence-corrected chi connectivity index (χ2v) is 7.17. The zero-order chi connectivity index (χ0) is 19.6. The highest BCUT2D eigenvalue weighted by Crippen LogP contribution is 2.39. The van der Waals surface area contributed by atoms with Crippen molar-refractivity contribution in [2.24, 2.45) is 0 Å². The van der Waals surface area contributed by atoms with Gasteiger partial charge in [-0.15, -0.1) is 11.3 Å². The summed E-state index contributed by atoms with van der Waals surface area (Å²) < 4.78 is 11.0. The molecule has 6 nitrogen and oxygen atoms in total. The van der Waals surface area contributed by atoms with Crippen molar-refractivity contribution in [1.29, 1.82) is 0 Å². The first kappa shape index (κ1) is 19.0. The lowest BCUT2D eigenvalue weighted by Gasteiger charge is -2.09. The fraction of sp³-hybridized carbons (Fsp3) is 0.158. The molecule has 1 aromatic heterocycles. The van der Waals surface area contributed by atoms with Gasteiger partial charge in [0.25, 0.3) is 0 Å². The summed E-state index contributed by atoms with van der Waals surface area (Å²) in [7, 11) is 2.81. The molecule has 1 heterocycles. The van der Waals surface area contributed by atoms with Crippen LogP contribution in [0.25, 0.3) is 10.1 Å². The fourth-order valence-electron chi connectivity index (χ4n) is 2.55. The van der Waals surface area contributed by atoms with Gasteiger partial charge in [-0.2, -0.15) is 0 Å². The molecule has 0 saturated carbocycles. The number of methoxy groups -OCH3 is 2. The number of hydrogen-bond donors (Lipinski definition) is 2. The van der Waals surface area contributed by atoms with Crippen LogP contribution in [-0.2, 0) is 4.74 Å². The van der Waals surface area contributed by atoms with Gasteiger partial charge in [-0.3, -0.25) is 0 Å². The second-order valence-electron chi connectivity index (χ2n) is 5.71. The molecule has 140 valence electrons. The topological polar surface area (TPSA) is 76.7 Å². The number of nitrogens with one attached hydrogen (secondary N) is 2. The molecule has 3 aromatic rings. The van der Waals surface area contributed by atoms with Gasteiger partial charge in [-0.05, 0) is 42.8 Å². The lowest BCUT2D eigenvalue weighted by Crippen LogP contribution is -2.19. The van der Waals surface area contributed by atoms with Crippen LogP contribution in [0.15, 0.2) is 36.4 Å². The van der Waals surface area contributed by atoms with E-state index in [4.69, 9.17) is 21.1 Å². The first-order valence-corrected chi connectivity index (χ1v) is 9.15. The number of aryl methyl sites for hydroxylation is 1. The van der Waals surface area contributed by atoms with Crippen molar-refractivity contribution in [2.75, 3.05) is 24.9 Å². The maximum atomic E-state index is 12.3. The number of thiophene rings is 1. The zero-order valence-corrected chi connectivity index (χ0v) is 16.5. The number of urea groups is 1. The molecule has 0 saturated heterocycles. The summed E-state index contributed by atoms with van der Waals surface area (Å²) in [6.07, 6.45) is 0. The Hall–Kier alpha value is -2.77. The summed E-state index contributed by atoms with van der Waals surface area (Å²) in [6, 6.07) is 10.2. The van der Waals surface area contributed by atoms with Crippen LogP contribution in [0.5, 0.6) is 5.75 Å². The van der Waals surface area contributed by atoms with E-state index in [-0.39, 0.29) is 0 Å². The highest BCUT2D eigenvalue weighted by atomic mass is 35.5. The number of hydrogen-bond acceptors (Lipinski definition) is 5. The summed E-state index contributed by atoms with van der Waals surface area (Å²) in [6.45, 7) is 1.89. The lowest BCUT2D eigenvalue weighted by molar-refractivity contribution is 0.0603. The van der Waals surface area contributed by atoms with Crippen LogP contribution in [0.4, 0.5) is 16.2 Å². The van der Waals surface area contributed by atoms with Crippen LogP contribution in [0.1, 0.15) is 15.2 Å². The average molecular weight is 405 g/mol. The molecule has 27 heavy (non-hydrogen) atoms. The van der Waals surface area contributed by atoms with Gasteiger partial charge < -0.3 is 20.1 Å². The molecule has 0 radical (unpaired) electrons. The highest BCUT2D eigenvalue weighted by Gasteiger charge is 2.20.